The monoisotopic (exact) mass is 136 g/mol. The largest absolute Gasteiger partial charge is 0.157 e. The van der Waals surface area contributed by atoms with Crippen molar-refractivity contribution in [2.45, 2.75) is 13.8 Å². The molecule has 0 N–H and O–H groups in total. The van der Waals surface area contributed by atoms with Crippen LogP contribution in [0.2, 0.25) is 0 Å². The number of hydrogen-bond acceptors (Lipinski definition) is 1. The van der Waals surface area contributed by atoms with Gasteiger partial charge < -0.3 is 0 Å². The molecule has 44 valence electrons. The fourth-order valence-electron chi connectivity index (χ4n) is 0.361. The maximum atomic E-state index is 2.09. The van der Waals surface area contributed by atoms with E-state index >= 15 is 0 Å². The van der Waals surface area contributed by atoms with Crippen molar-refractivity contribution in [3.05, 3.63) is 0 Å². The fourth-order valence-corrected chi connectivity index (χ4v) is 3.25. The van der Waals surface area contributed by atoms with Crippen LogP contribution in [0.25, 0.3) is 0 Å². The molecule has 0 spiro atoms. The van der Waals surface area contributed by atoms with Crippen LogP contribution in [0.1, 0.15) is 13.8 Å². The Bertz CT molecular complexity index is 19.7. The van der Waals surface area contributed by atoms with Gasteiger partial charge in [0, 0.05) is 5.49 Å². The van der Waals surface area contributed by atoms with Crippen molar-refractivity contribution < 1.29 is 0 Å². The smallest absolute Gasteiger partial charge is 0.0108 e. The minimum atomic E-state index is 1.27. The Morgan fingerprint density at radius 2 is 2.14 bits per heavy atom. The SMILES string of the molecule is C1CSCP1.CC. The summed E-state index contributed by atoms with van der Waals surface area (Å²) in [5.74, 6) is 1.43. The Kier molecular flexibility index (Phi) is 7.54. The van der Waals surface area contributed by atoms with E-state index < -0.39 is 0 Å². The lowest BCUT2D eigenvalue weighted by molar-refractivity contribution is 1.50. The number of hydrogen-bond donors (Lipinski definition) is 0. The lowest BCUT2D eigenvalue weighted by atomic mass is 11.0. The predicted octanol–water partition coefficient (Wildman–Crippen LogP) is 2.40. The molecule has 1 fully saturated rings. The predicted molar refractivity (Wildman–Crippen MR) is 41.9 cm³/mol. The molecule has 0 aromatic carbocycles. The summed E-state index contributed by atoms with van der Waals surface area (Å²) in [7, 11) is 1.27. The van der Waals surface area contributed by atoms with E-state index in [2.05, 4.69) is 11.8 Å². The Balaban J connectivity index is 0.000000162. The molecule has 1 aliphatic heterocycles. The molecule has 0 saturated carbocycles. The van der Waals surface area contributed by atoms with Crippen LogP contribution in [-0.2, 0) is 0 Å². The van der Waals surface area contributed by atoms with Crippen LogP contribution >= 0.6 is 20.3 Å². The summed E-state index contributed by atoms with van der Waals surface area (Å²) in [4.78, 5) is 0. The molecule has 0 bridgehead atoms. The van der Waals surface area contributed by atoms with Gasteiger partial charge in [0.1, 0.15) is 0 Å². The van der Waals surface area contributed by atoms with E-state index in [0.29, 0.717) is 0 Å². The highest BCUT2D eigenvalue weighted by molar-refractivity contribution is 8.05. The first kappa shape index (κ1) is 7.78. The van der Waals surface area contributed by atoms with Crippen LogP contribution in [0.3, 0.4) is 0 Å². The summed E-state index contributed by atoms with van der Waals surface area (Å²) in [6, 6.07) is 0. The second-order valence-electron chi connectivity index (χ2n) is 1.05. The van der Waals surface area contributed by atoms with E-state index in [0.717, 1.165) is 0 Å². The van der Waals surface area contributed by atoms with Crippen molar-refractivity contribution >= 4 is 20.3 Å². The van der Waals surface area contributed by atoms with Gasteiger partial charge in [-0.05, 0) is 11.9 Å². The Hall–Kier alpha value is 0.780. The topological polar surface area (TPSA) is 0 Å². The van der Waals surface area contributed by atoms with Crippen molar-refractivity contribution in [3.63, 3.8) is 0 Å². The first-order valence-corrected chi connectivity index (χ1v) is 5.35. The molecule has 0 aliphatic carbocycles. The van der Waals surface area contributed by atoms with Crippen molar-refractivity contribution in [1.29, 1.82) is 0 Å². The molecule has 0 nitrogen and oxygen atoms in total. The standard InChI is InChI=1S/C3H7PS.C2H6/c1-2-5-3-4-1;1-2/h4H,1-3H2;1-2H3. The lowest BCUT2D eigenvalue weighted by Gasteiger charge is -1.69. The van der Waals surface area contributed by atoms with Gasteiger partial charge in [-0.15, -0.1) is 8.58 Å². The molecule has 0 aromatic rings. The summed E-state index contributed by atoms with van der Waals surface area (Å²) in [5, 5.41) is 0. The molecular formula is C5H13PS. The van der Waals surface area contributed by atoms with E-state index in [1.54, 1.807) is 0 Å². The van der Waals surface area contributed by atoms with Crippen LogP contribution in [0.15, 0.2) is 0 Å². The van der Waals surface area contributed by atoms with Crippen LogP contribution in [0.5, 0.6) is 0 Å². The third kappa shape index (κ3) is 4.64. The molecule has 1 saturated heterocycles. The Morgan fingerprint density at radius 1 is 1.43 bits per heavy atom. The van der Waals surface area contributed by atoms with Gasteiger partial charge in [-0.1, -0.05) is 13.8 Å². The van der Waals surface area contributed by atoms with Crippen LogP contribution in [0.4, 0.5) is 0 Å². The third-order valence-corrected chi connectivity index (χ3v) is 3.72. The molecule has 1 rings (SSSR count). The molecule has 1 atom stereocenters. The minimum absolute atomic E-state index is 1.27. The van der Waals surface area contributed by atoms with Crippen LogP contribution < -0.4 is 0 Å². The average Bonchev–Trinajstić information content (AvgIpc) is 2.23. The second kappa shape index (κ2) is 6.78. The third-order valence-electron chi connectivity index (χ3n) is 0.627. The molecule has 7 heavy (non-hydrogen) atoms. The van der Waals surface area contributed by atoms with Crippen LogP contribution in [0, 0.1) is 0 Å². The van der Waals surface area contributed by atoms with Gasteiger partial charge in [0.25, 0.3) is 0 Å². The van der Waals surface area contributed by atoms with Gasteiger partial charge in [0.15, 0.2) is 0 Å². The fraction of sp³-hybridized carbons (Fsp3) is 1.00. The summed E-state index contributed by atoms with van der Waals surface area (Å²) in [6.07, 6.45) is 1.49. The first-order chi connectivity index (χ1) is 3.50. The highest BCUT2D eigenvalue weighted by atomic mass is 32.2. The molecule has 0 amide bonds. The second-order valence-corrected chi connectivity index (χ2v) is 4.02. The van der Waals surface area contributed by atoms with Gasteiger partial charge in [0.2, 0.25) is 0 Å². The van der Waals surface area contributed by atoms with E-state index in [4.69, 9.17) is 0 Å². The normalized spacial score (nSPS) is 21.4. The summed E-state index contributed by atoms with van der Waals surface area (Å²) >= 11 is 2.09. The summed E-state index contributed by atoms with van der Waals surface area (Å²) in [6.45, 7) is 4.00. The zero-order valence-electron chi connectivity index (χ0n) is 5.03. The van der Waals surface area contributed by atoms with E-state index in [-0.39, 0.29) is 0 Å². The zero-order valence-corrected chi connectivity index (χ0v) is 6.85. The van der Waals surface area contributed by atoms with Gasteiger partial charge in [-0.3, -0.25) is 0 Å². The van der Waals surface area contributed by atoms with Crippen LogP contribution in [-0.4, -0.2) is 17.4 Å². The molecule has 1 unspecified atom stereocenters. The van der Waals surface area contributed by atoms with Crippen molar-refractivity contribution in [2.75, 3.05) is 17.4 Å². The maximum Gasteiger partial charge on any atom is 0.0108 e. The van der Waals surface area contributed by atoms with Gasteiger partial charge in [-0.2, -0.15) is 11.8 Å². The van der Waals surface area contributed by atoms with Gasteiger partial charge in [0.05, 0.1) is 0 Å². The summed E-state index contributed by atoms with van der Waals surface area (Å²) in [5.41, 5.74) is 1.44. The number of thioether (sulfide) groups is 1. The maximum absolute atomic E-state index is 2.09. The van der Waals surface area contributed by atoms with Gasteiger partial charge in [-0.25, -0.2) is 0 Å². The molecule has 2 heteroatoms. The highest BCUT2D eigenvalue weighted by Crippen LogP contribution is 2.26. The summed E-state index contributed by atoms with van der Waals surface area (Å²) < 4.78 is 0. The number of rotatable bonds is 0. The van der Waals surface area contributed by atoms with E-state index in [1.165, 1.54) is 26.0 Å². The molecule has 1 heterocycles. The van der Waals surface area contributed by atoms with E-state index in [9.17, 15) is 0 Å². The van der Waals surface area contributed by atoms with Crippen molar-refractivity contribution in [1.82, 2.24) is 0 Å². The van der Waals surface area contributed by atoms with Gasteiger partial charge >= 0.3 is 0 Å². The quantitative estimate of drug-likeness (QED) is 0.461. The average molecular weight is 136 g/mol. The van der Waals surface area contributed by atoms with E-state index in [1.807, 2.05) is 13.8 Å². The molecule has 1 aliphatic rings. The first-order valence-electron chi connectivity index (χ1n) is 2.78. The lowest BCUT2D eigenvalue weighted by Crippen LogP contribution is -1.63. The highest BCUT2D eigenvalue weighted by Gasteiger charge is 1.95. The zero-order chi connectivity index (χ0) is 5.54. The molecular weight excluding hydrogens is 123 g/mol. The minimum Gasteiger partial charge on any atom is -0.157 e. The van der Waals surface area contributed by atoms with Crippen molar-refractivity contribution in [2.24, 2.45) is 0 Å². The van der Waals surface area contributed by atoms with Crippen molar-refractivity contribution in [3.8, 4) is 0 Å². The Labute approximate surface area is 52.2 Å². The molecule has 0 radical (unpaired) electrons. The molecule has 0 aromatic heterocycles. The Morgan fingerprint density at radius 3 is 2.29 bits per heavy atom.